The van der Waals surface area contributed by atoms with Crippen LogP contribution >= 0.6 is 11.6 Å². The van der Waals surface area contributed by atoms with Crippen LogP contribution in [-0.4, -0.2) is 27.7 Å². The minimum atomic E-state index is -4.58. The molecule has 16 heavy (non-hydrogen) atoms. The third-order valence-electron chi connectivity index (χ3n) is 1.54. The first-order valence-electron chi connectivity index (χ1n) is 4.33. The van der Waals surface area contributed by atoms with Crippen molar-refractivity contribution in [1.82, 2.24) is 9.97 Å². The maximum absolute atomic E-state index is 12.3. The van der Waals surface area contributed by atoms with Crippen molar-refractivity contribution in [3.63, 3.8) is 0 Å². The predicted octanol–water partition coefficient (Wildman–Crippen LogP) is 1.94. The van der Waals surface area contributed by atoms with Crippen LogP contribution in [0.3, 0.4) is 0 Å². The molecule has 0 bridgehead atoms. The Morgan fingerprint density at radius 3 is 2.62 bits per heavy atom. The lowest BCUT2D eigenvalue weighted by Gasteiger charge is -2.10. The molecule has 90 valence electrons. The molecule has 0 amide bonds. The van der Waals surface area contributed by atoms with Gasteiger partial charge in [0.2, 0.25) is 5.95 Å². The molecule has 0 fully saturated rings. The van der Waals surface area contributed by atoms with Crippen LogP contribution in [0.5, 0.6) is 0 Å². The van der Waals surface area contributed by atoms with E-state index in [0.29, 0.717) is 6.07 Å². The first-order valence-corrected chi connectivity index (χ1v) is 4.70. The van der Waals surface area contributed by atoms with Gasteiger partial charge < -0.3 is 10.4 Å². The van der Waals surface area contributed by atoms with Gasteiger partial charge >= 0.3 is 6.18 Å². The molecule has 0 aliphatic rings. The molecule has 2 N–H and O–H groups in total. The highest BCUT2D eigenvalue weighted by molar-refractivity contribution is 6.29. The lowest BCUT2D eigenvalue weighted by molar-refractivity contribution is -0.141. The molecule has 0 saturated carbocycles. The van der Waals surface area contributed by atoms with E-state index in [-0.39, 0.29) is 17.6 Å². The second-order valence-corrected chi connectivity index (χ2v) is 3.51. The molecular weight excluding hydrogens is 247 g/mol. The zero-order chi connectivity index (χ0) is 12.3. The fourth-order valence-electron chi connectivity index (χ4n) is 0.881. The number of anilines is 1. The number of aliphatic hydroxyl groups excluding tert-OH is 1. The molecule has 1 atom stereocenters. The Kier molecular flexibility index (Phi) is 3.93. The highest BCUT2D eigenvalue weighted by Crippen LogP contribution is 2.29. The lowest BCUT2D eigenvalue weighted by atomic mass is 10.4. The number of hydrogen-bond donors (Lipinski definition) is 2. The molecule has 0 radical (unpaired) electrons. The SMILES string of the molecule is CC(O)CNc1nc(Cl)cc(C(F)(F)F)n1. The first-order chi connectivity index (χ1) is 7.29. The number of hydrogen-bond acceptors (Lipinski definition) is 4. The summed E-state index contributed by atoms with van der Waals surface area (Å²) in [5.41, 5.74) is -1.12. The zero-order valence-electron chi connectivity index (χ0n) is 8.22. The monoisotopic (exact) mass is 255 g/mol. The summed E-state index contributed by atoms with van der Waals surface area (Å²) < 4.78 is 37.0. The number of aliphatic hydroxyl groups is 1. The highest BCUT2D eigenvalue weighted by Gasteiger charge is 2.33. The fourth-order valence-corrected chi connectivity index (χ4v) is 1.06. The van der Waals surface area contributed by atoms with Gasteiger partial charge in [0.1, 0.15) is 5.15 Å². The number of aromatic nitrogens is 2. The molecule has 1 heterocycles. The van der Waals surface area contributed by atoms with E-state index >= 15 is 0 Å². The van der Waals surface area contributed by atoms with Gasteiger partial charge in [-0.05, 0) is 6.92 Å². The summed E-state index contributed by atoms with van der Waals surface area (Å²) in [5.74, 6) is -0.263. The molecular formula is C8H9ClF3N3O. The van der Waals surface area contributed by atoms with E-state index in [1.165, 1.54) is 6.92 Å². The van der Waals surface area contributed by atoms with Crippen LogP contribution in [0.15, 0.2) is 6.07 Å². The maximum Gasteiger partial charge on any atom is 0.433 e. The van der Waals surface area contributed by atoms with Crippen molar-refractivity contribution in [2.75, 3.05) is 11.9 Å². The van der Waals surface area contributed by atoms with E-state index in [4.69, 9.17) is 16.7 Å². The smallest absolute Gasteiger partial charge is 0.392 e. The van der Waals surface area contributed by atoms with Gasteiger partial charge in [0.25, 0.3) is 0 Å². The quantitative estimate of drug-likeness (QED) is 0.811. The minimum Gasteiger partial charge on any atom is -0.392 e. The average molecular weight is 256 g/mol. The molecule has 0 saturated heterocycles. The fraction of sp³-hybridized carbons (Fsp3) is 0.500. The van der Waals surface area contributed by atoms with Crippen molar-refractivity contribution < 1.29 is 18.3 Å². The van der Waals surface area contributed by atoms with E-state index in [0.717, 1.165) is 0 Å². The number of nitrogens with one attached hydrogen (secondary N) is 1. The van der Waals surface area contributed by atoms with E-state index in [9.17, 15) is 13.2 Å². The molecule has 0 spiro atoms. The third kappa shape index (κ3) is 3.82. The van der Waals surface area contributed by atoms with Gasteiger partial charge in [-0.15, -0.1) is 0 Å². The molecule has 1 aromatic heterocycles. The number of alkyl halides is 3. The molecule has 1 rings (SSSR count). The zero-order valence-corrected chi connectivity index (χ0v) is 8.97. The standard InChI is InChI=1S/C8H9ClF3N3O/c1-4(16)3-13-7-14-5(8(10,11)12)2-6(9)15-7/h2,4,16H,3H2,1H3,(H,13,14,15). The number of halogens is 4. The summed E-state index contributed by atoms with van der Waals surface area (Å²) in [6.07, 6.45) is -5.30. The molecule has 1 unspecified atom stereocenters. The van der Waals surface area contributed by atoms with Gasteiger partial charge in [-0.1, -0.05) is 11.6 Å². The second kappa shape index (κ2) is 4.84. The van der Waals surface area contributed by atoms with Gasteiger partial charge in [0, 0.05) is 12.6 Å². The summed E-state index contributed by atoms with van der Waals surface area (Å²) in [4.78, 5) is 6.79. The number of nitrogens with zero attached hydrogens (tertiary/aromatic N) is 2. The van der Waals surface area contributed by atoms with Crippen molar-refractivity contribution >= 4 is 17.5 Å². The van der Waals surface area contributed by atoms with Gasteiger partial charge in [0.05, 0.1) is 6.10 Å². The minimum absolute atomic E-state index is 0.0393. The van der Waals surface area contributed by atoms with E-state index in [1.54, 1.807) is 0 Å². The van der Waals surface area contributed by atoms with Gasteiger partial charge in [-0.25, -0.2) is 9.97 Å². The van der Waals surface area contributed by atoms with E-state index in [2.05, 4.69) is 15.3 Å². The second-order valence-electron chi connectivity index (χ2n) is 3.13. The van der Waals surface area contributed by atoms with Crippen molar-refractivity contribution in [1.29, 1.82) is 0 Å². The van der Waals surface area contributed by atoms with E-state index < -0.39 is 18.0 Å². The van der Waals surface area contributed by atoms with Crippen molar-refractivity contribution in [2.24, 2.45) is 0 Å². The van der Waals surface area contributed by atoms with Gasteiger partial charge in [-0.3, -0.25) is 0 Å². The third-order valence-corrected chi connectivity index (χ3v) is 1.73. The molecule has 8 heteroatoms. The lowest BCUT2D eigenvalue weighted by Crippen LogP contribution is -2.18. The largest absolute Gasteiger partial charge is 0.433 e. The normalized spacial score (nSPS) is 13.6. The first kappa shape index (κ1) is 13.0. The predicted molar refractivity (Wildman–Crippen MR) is 52.2 cm³/mol. The Morgan fingerprint density at radius 2 is 2.12 bits per heavy atom. The van der Waals surface area contributed by atoms with Crippen LogP contribution in [0.2, 0.25) is 5.15 Å². The molecule has 1 aromatic rings. The summed E-state index contributed by atoms with van der Waals surface area (Å²) >= 11 is 5.42. The Labute approximate surface area is 94.5 Å². The Balaban J connectivity index is 2.90. The molecule has 0 aromatic carbocycles. The van der Waals surface area contributed by atoms with Crippen LogP contribution in [0.1, 0.15) is 12.6 Å². The van der Waals surface area contributed by atoms with Crippen molar-refractivity contribution in [3.8, 4) is 0 Å². The molecule has 0 aliphatic carbocycles. The maximum atomic E-state index is 12.3. The average Bonchev–Trinajstić information content (AvgIpc) is 2.12. The molecule has 0 aliphatic heterocycles. The van der Waals surface area contributed by atoms with Gasteiger partial charge in [0.15, 0.2) is 5.69 Å². The number of rotatable bonds is 3. The van der Waals surface area contributed by atoms with Gasteiger partial charge in [-0.2, -0.15) is 13.2 Å². The highest BCUT2D eigenvalue weighted by atomic mass is 35.5. The van der Waals surface area contributed by atoms with E-state index in [1.807, 2.05) is 0 Å². The van der Waals surface area contributed by atoms with Crippen LogP contribution in [-0.2, 0) is 6.18 Å². The summed E-state index contributed by atoms with van der Waals surface area (Å²) in [5, 5.41) is 11.1. The Bertz CT molecular complexity index is 370. The van der Waals surface area contributed by atoms with Crippen LogP contribution in [0.4, 0.5) is 19.1 Å². The van der Waals surface area contributed by atoms with Crippen molar-refractivity contribution in [3.05, 3.63) is 16.9 Å². The molecule has 4 nitrogen and oxygen atoms in total. The Morgan fingerprint density at radius 1 is 1.50 bits per heavy atom. The van der Waals surface area contributed by atoms with Crippen LogP contribution in [0.25, 0.3) is 0 Å². The summed E-state index contributed by atoms with van der Waals surface area (Å²) in [7, 11) is 0. The topological polar surface area (TPSA) is 58.0 Å². The van der Waals surface area contributed by atoms with Crippen molar-refractivity contribution in [2.45, 2.75) is 19.2 Å². The Hall–Kier alpha value is -1.08. The van der Waals surface area contributed by atoms with Crippen LogP contribution < -0.4 is 5.32 Å². The summed E-state index contributed by atoms with van der Waals surface area (Å²) in [6.45, 7) is 1.51. The van der Waals surface area contributed by atoms with Crippen LogP contribution in [0, 0.1) is 0 Å². The summed E-state index contributed by atoms with van der Waals surface area (Å²) in [6, 6.07) is 0.634.